The maximum absolute atomic E-state index is 5.69. The van der Waals surface area contributed by atoms with Gasteiger partial charge in [-0.05, 0) is 18.6 Å². The molecule has 2 heteroatoms. The second kappa shape index (κ2) is 2.28. The van der Waals surface area contributed by atoms with Crippen molar-refractivity contribution in [1.29, 1.82) is 0 Å². The minimum absolute atomic E-state index is 0.553. The van der Waals surface area contributed by atoms with Crippen LogP contribution in [0.1, 0.15) is 5.56 Å². The molecule has 0 unspecified atom stereocenters. The Hall–Kier alpha value is -0.690. The molecule has 1 rings (SSSR count). The average molecular weight is 141 g/mol. The Bertz CT molecular complexity index is 200. The largest absolute Gasteiger partial charge is 0.398 e. The maximum Gasteiger partial charge on any atom is 0.0667 e. The Labute approximate surface area is 59.4 Å². The molecule has 0 bridgehead atoms. The number of nitrogen functional groups attached to an aromatic ring is 1. The van der Waals surface area contributed by atoms with E-state index in [-0.39, 0.29) is 0 Å². The molecule has 0 aliphatic carbocycles. The third-order valence-electron chi connectivity index (χ3n) is 1.11. The number of hydrogen-bond acceptors (Lipinski definition) is 1. The van der Waals surface area contributed by atoms with Crippen molar-refractivity contribution in [2.45, 2.75) is 0 Å². The van der Waals surface area contributed by atoms with Gasteiger partial charge >= 0.3 is 0 Å². The summed E-state index contributed by atoms with van der Waals surface area (Å²) in [5, 5.41) is 0.553. The molecular formula is C7H7ClN. The maximum atomic E-state index is 5.69. The number of benzene rings is 1. The lowest BCUT2D eigenvalue weighted by Gasteiger charge is -1.98. The van der Waals surface area contributed by atoms with Crippen molar-refractivity contribution in [3.8, 4) is 0 Å². The molecule has 0 aromatic heterocycles. The van der Waals surface area contributed by atoms with E-state index in [9.17, 15) is 0 Å². The van der Waals surface area contributed by atoms with Crippen LogP contribution in [0.3, 0.4) is 0 Å². The smallest absolute Gasteiger partial charge is 0.0667 e. The van der Waals surface area contributed by atoms with Crippen LogP contribution in [0.4, 0.5) is 5.69 Å². The summed E-state index contributed by atoms with van der Waals surface area (Å²) in [5.74, 6) is 0. The highest BCUT2D eigenvalue weighted by Gasteiger charge is 1.95. The fourth-order valence-corrected chi connectivity index (χ4v) is 0.726. The first-order chi connectivity index (χ1) is 4.22. The fraction of sp³-hybridized carbons (Fsp3) is 0. The van der Waals surface area contributed by atoms with E-state index in [1.54, 1.807) is 6.07 Å². The molecule has 0 aliphatic rings. The zero-order valence-corrected chi connectivity index (χ0v) is 5.65. The van der Waals surface area contributed by atoms with E-state index >= 15 is 0 Å². The summed E-state index contributed by atoms with van der Waals surface area (Å²) in [7, 11) is 0. The number of hydrogen-bond donors (Lipinski definition) is 1. The Balaban J connectivity index is 3.25. The third kappa shape index (κ3) is 1.16. The number of halogens is 1. The van der Waals surface area contributed by atoms with Crippen molar-refractivity contribution < 1.29 is 0 Å². The first kappa shape index (κ1) is 6.43. The van der Waals surface area contributed by atoms with Gasteiger partial charge in [-0.25, -0.2) is 0 Å². The van der Waals surface area contributed by atoms with Gasteiger partial charge in [0.05, 0.1) is 10.7 Å². The van der Waals surface area contributed by atoms with Gasteiger partial charge < -0.3 is 5.73 Å². The second-order valence-corrected chi connectivity index (χ2v) is 2.20. The van der Waals surface area contributed by atoms with Crippen molar-refractivity contribution >= 4 is 17.3 Å². The van der Waals surface area contributed by atoms with Crippen LogP contribution in [0.2, 0.25) is 5.02 Å². The van der Waals surface area contributed by atoms with Gasteiger partial charge in [-0.15, -0.1) is 0 Å². The Morgan fingerprint density at radius 1 is 1.44 bits per heavy atom. The van der Waals surface area contributed by atoms with Crippen LogP contribution in [-0.4, -0.2) is 0 Å². The van der Waals surface area contributed by atoms with Crippen molar-refractivity contribution in [3.63, 3.8) is 0 Å². The summed E-state index contributed by atoms with van der Waals surface area (Å²) < 4.78 is 0. The van der Waals surface area contributed by atoms with Crippen molar-refractivity contribution in [1.82, 2.24) is 0 Å². The third-order valence-corrected chi connectivity index (χ3v) is 1.57. The SMILES string of the molecule is [CH2]c1cccc(N)c1Cl. The van der Waals surface area contributed by atoms with Crippen molar-refractivity contribution in [2.24, 2.45) is 0 Å². The molecule has 0 fully saturated rings. The summed E-state index contributed by atoms with van der Waals surface area (Å²) in [6, 6.07) is 5.39. The number of nitrogens with two attached hydrogens (primary N) is 1. The first-order valence-electron chi connectivity index (χ1n) is 2.58. The summed E-state index contributed by atoms with van der Waals surface area (Å²) in [5.41, 5.74) is 6.81. The van der Waals surface area contributed by atoms with Crippen LogP contribution in [0, 0.1) is 6.92 Å². The normalized spacial score (nSPS) is 9.56. The topological polar surface area (TPSA) is 26.0 Å². The Morgan fingerprint density at radius 2 is 2.11 bits per heavy atom. The summed E-state index contributed by atoms with van der Waals surface area (Å²) >= 11 is 5.69. The zero-order valence-electron chi connectivity index (χ0n) is 4.89. The quantitative estimate of drug-likeness (QED) is 0.549. The lowest BCUT2D eigenvalue weighted by molar-refractivity contribution is 1.60. The molecule has 1 nitrogen and oxygen atoms in total. The van der Waals surface area contributed by atoms with Gasteiger partial charge in [0.2, 0.25) is 0 Å². The van der Waals surface area contributed by atoms with Crippen LogP contribution < -0.4 is 5.73 Å². The van der Waals surface area contributed by atoms with Gasteiger partial charge in [-0.1, -0.05) is 23.7 Å². The second-order valence-electron chi connectivity index (χ2n) is 1.82. The predicted molar refractivity (Wildman–Crippen MR) is 40.3 cm³/mol. The Morgan fingerprint density at radius 3 is 2.56 bits per heavy atom. The summed E-state index contributed by atoms with van der Waals surface area (Å²) in [6.07, 6.45) is 0. The highest BCUT2D eigenvalue weighted by molar-refractivity contribution is 6.33. The minimum Gasteiger partial charge on any atom is -0.398 e. The van der Waals surface area contributed by atoms with Gasteiger partial charge in [0.1, 0.15) is 0 Å². The van der Waals surface area contributed by atoms with E-state index in [0.29, 0.717) is 10.7 Å². The number of rotatable bonds is 0. The molecule has 0 atom stereocenters. The molecule has 1 aromatic rings. The Kier molecular flexibility index (Phi) is 1.63. The fourth-order valence-electron chi connectivity index (χ4n) is 0.600. The van der Waals surface area contributed by atoms with Crippen molar-refractivity contribution in [3.05, 3.63) is 35.7 Å². The van der Waals surface area contributed by atoms with E-state index in [4.69, 9.17) is 17.3 Å². The molecular weight excluding hydrogens is 134 g/mol. The molecule has 1 radical (unpaired) electrons. The van der Waals surface area contributed by atoms with E-state index in [0.717, 1.165) is 5.56 Å². The molecule has 0 aliphatic heterocycles. The van der Waals surface area contributed by atoms with E-state index in [2.05, 4.69) is 6.92 Å². The van der Waals surface area contributed by atoms with Gasteiger partial charge in [-0.3, -0.25) is 0 Å². The molecule has 47 valence electrons. The molecule has 2 N–H and O–H groups in total. The molecule has 0 amide bonds. The highest BCUT2D eigenvalue weighted by atomic mass is 35.5. The standard InChI is InChI=1S/C7H7ClN/c1-5-3-2-4-6(9)7(5)8/h2-4H,1,9H2. The van der Waals surface area contributed by atoms with Crippen LogP contribution in [0.15, 0.2) is 18.2 Å². The van der Waals surface area contributed by atoms with E-state index < -0.39 is 0 Å². The molecule has 9 heavy (non-hydrogen) atoms. The summed E-state index contributed by atoms with van der Waals surface area (Å²) in [4.78, 5) is 0. The lowest BCUT2D eigenvalue weighted by atomic mass is 10.2. The molecule has 0 saturated carbocycles. The van der Waals surface area contributed by atoms with Crippen LogP contribution in [0.5, 0.6) is 0 Å². The van der Waals surface area contributed by atoms with Gasteiger partial charge in [0, 0.05) is 0 Å². The van der Waals surface area contributed by atoms with Gasteiger partial charge in [-0.2, -0.15) is 0 Å². The molecule has 0 spiro atoms. The van der Waals surface area contributed by atoms with E-state index in [1.807, 2.05) is 12.1 Å². The number of anilines is 1. The zero-order chi connectivity index (χ0) is 6.85. The lowest BCUT2D eigenvalue weighted by Crippen LogP contribution is -1.86. The first-order valence-corrected chi connectivity index (χ1v) is 2.95. The molecule has 0 saturated heterocycles. The summed E-state index contributed by atoms with van der Waals surface area (Å²) in [6.45, 7) is 3.67. The predicted octanol–water partition coefficient (Wildman–Crippen LogP) is 2.10. The molecule has 0 heterocycles. The van der Waals surface area contributed by atoms with Crippen molar-refractivity contribution in [2.75, 3.05) is 5.73 Å². The monoisotopic (exact) mass is 140 g/mol. The van der Waals surface area contributed by atoms with Crippen LogP contribution in [-0.2, 0) is 0 Å². The minimum atomic E-state index is 0.553. The van der Waals surface area contributed by atoms with E-state index in [1.165, 1.54) is 0 Å². The van der Waals surface area contributed by atoms with Crippen LogP contribution in [0.25, 0.3) is 0 Å². The van der Waals surface area contributed by atoms with Gasteiger partial charge in [0.15, 0.2) is 0 Å². The van der Waals surface area contributed by atoms with Gasteiger partial charge in [0.25, 0.3) is 0 Å². The highest BCUT2D eigenvalue weighted by Crippen LogP contribution is 2.21. The average Bonchev–Trinajstić information content (AvgIpc) is 1.83. The van der Waals surface area contributed by atoms with Crippen LogP contribution >= 0.6 is 11.6 Å². The molecule has 1 aromatic carbocycles.